The van der Waals surface area contributed by atoms with Crippen molar-refractivity contribution in [1.29, 1.82) is 0 Å². The molecule has 0 aliphatic carbocycles. The molecule has 0 bridgehead atoms. The standard InChI is InChI=1S/C14H28N4O/c1-3-4-5-6-7-8-9-10-11-16-14-18-17-13(19-14)12-15-2/h15H,3-12H2,1-2H3,(H,16,18). The fourth-order valence-corrected chi connectivity index (χ4v) is 2.00. The molecule has 0 atom stereocenters. The number of aromatic nitrogens is 2. The van der Waals surface area contributed by atoms with E-state index in [9.17, 15) is 0 Å². The van der Waals surface area contributed by atoms with Gasteiger partial charge in [-0.2, -0.15) is 0 Å². The van der Waals surface area contributed by atoms with Gasteiger partial charge in [-0.05, 0) is 13.5 Å². The molecule has 0 fully saturated rings. The third-order valence-corrected chi connectivity index (χ3v) is 3.10. The number of nitrogens with zero attached hydrogens (tertiary/aromatic N) is 2. The van der Waals surface area contributed by atoms with E-state index >= 15 is 0 Å². The van der Waals surface area contributed by atoms with E-state index in [1.165, 1.54) is 44.9 Å². The number of hydrogen-bond acceptors (Lipinski definition) is 5. The smallest absolute Gasteiger partial charge is 0.315 e. The lowest BCUT2D eigenvalue weighted by Crippen LogP contribution is -2.05. The van der Waals surface area contributed by atoms with Crippen LogP contribution < -0.4 is 10.6 Å². The Balaban J connectivity index is 1.92. The molecule has 1 heterocycles. The predicted octanol–water partition coefficient (Wildman–Crippen LogP) is 3.34. The summed E-state index contributed by atoms with van der Waals surface area (Å²) in [5.74, 6) is 0.626. The normalized spacial score (nSPS) is 10.8. The van der Waals surface area contributed by atoms with Crippen LogP contribution in [0.4, 0.5) is 6.01 Å². The SMILES string of the molecule is CCCCCCCCCCNc1nnc(CNC)o1. The summed E-state index contributed by atoms with van der Waals surface area (Å²) >= 11 is 0. The highest BCUT2D eigenvalue weighted by molar-refractivity contribution is 5.16. The molecule has 0 saturated carbocycles. The molecule has 0 radical (unpaired) electrons. The van der Waals surface area contributed by atoms with Crippen molar-refractivity contribution in [2.45, 2.75) is 64.8 Å². The summed E-state index contributed by atoms with van der Waals surface area (Å²) in [6.07, 6.45) is 10.6. The van der Waals surface area contributed by atoms with Crippen LogP contribution in [0.3, 0.4) is 0 Å². The molecule has 110 valence electrons. The average Bonchev–Trinajstić information content (AvgIpc) is 2.85. The maximum absolute atomic E-state index is 5.40. The average molecular weight is 268 g/mol. The Hall–Kier alpha value is -1.10. The Morgan fingerprint density at radius 2 is 1.63 bits per heavy atom. The van der Waals surface area contributed by atoms with E-state index in [4.69, 9.17) is 4.42 Å². The number of nitrogens with one attached hydrogen (secondary N) is 2. The van der Waals surface area contributed by atoms with E-state index in [2.05, 4.69) is 27.8 Å². The van der Waals surface area contributed by atoms with Crippen LogP contribution in [0.1, 0.15) is 64.2 Å². The Morgan fingerprint density at radius 3 is 2.32 bits per heavy atom. The molecule has 19 heavy (non-hydrogen) atoms. The highest BCUT2D eigenvalue weighted by Gasteiger charge is 2.03. The summed E-state index contributed by atoms with van der Waals surface area (Å²) in [5.41, 5.74) is 0. The molecule has 0 amide bonds. The van der Waals surface area contributed by atoms with Gasteiger partial charge in [-0.1, -0.05) is 57.0 Å². The van der Waals surface area contributed by atoms with Crippen LogP contribution in [0, 0.1) is 0 Å². The molecule has 0 aliphatic heterocycles. The number of hydrogen-bond donors (Lipinski definition) is 2. The van der Waals surface area contributed by atoms with Crippen LogP contribution in [0.15, 0.2) is 4.42 Å². The van der Waals surface area contributed by atoms with Crippen LogP contribution in [-0.4, -0.2) is 23.8 Å². The van der Waals surface area contributed by atoms with Crippen molar-refractivity contribution in [2.75, 3.05) is 18.9 Å². The topological polar surface area (TPSA) is 63.0 Å². The minimum absolute atomic E-state index is 0.535. The molecule has 1 aromatic heterocycles. The van der Waals surface area contributed by atoms with E-state index in [1.807, 2.05) is 7.05 Å². The number of anilines is 1. The quantitative estimate of drug-likeness (QED) is 0.569. The van der Waals surface area contributed by atoms with Crippen molar-refractivity contribution >= 4 is 6.01 Å². The van der Waals surface area contributed by atoms with E-state index < -0.39 is 0 Å². The van der Waals surface area contributed by atoms with Crippen molar-refractivity contribution < 1.29 is 4.42 Å². The van der Waals surface area contributed by atoms with Gasteiger partial charge in [0.05, 0.1) is 6.54 Å². The zero-order valence-electron chi connectivity index (χ0n) is 12.4. The lowest BCUT2D eigenvalue weighted by molar-refractivity contribution is 0.488. The van der Waals surface area contributed by atoms with E-state index in [-0.39, 0.29) is 0 Å². The molecule has 0 saturated heterocycles. The Bertz CT molecular complexity index is 314. The monoisotopic (exact) mass is 268 g/mol. The van der Waals surface area contributed by atoms with Gasteiger partial charge in [-0.25, -0.2) is 0 Å². The van der Waals surface area contributed by atoms with Crippen LogP contribution in [-0.2, 0) is 6.54 Å². The summed E-state index contributed by atoms with van der Waals surface area (Å²) in [4.78, 5) is 0. The molecule has 2 N–H and O–H groups in total. The van der Waals surface area contributed by atoms with E-state index in [0.717, 1.165) is 13.0 Å². The first-order valence-corrected chi connectivity index (χ1v) is 7.57. The second-order valence-corrected chi connectivity index (χ2v) is 4.93. The first-order valence-electron chi connectivity index (χ1n) is 7.57. The third kappa shape index (κ3) is 7.82. The summed E-state index contributed by atoms with van der Waals surface area (Å²) in [6.45, 7) is 3.79. The second kappa shape index (κ2) is 10.8. The van der Waals surface area contributed by atoms with Crippen LogP contribution in [0.2, 0.25) is 0 Å². The van der Waals surface area contributed by atoms with Crippen LogP contribution in [0.5, 0.6) is 0 Å². The molecule has 5 heteroatoms. The van der Waals surface area contributed by atoms with E-state index in [1.54, 1.807) is 0 Å². The molecule has 0 aliphatic rings. The van der Waals surface area contributed by atoms with Crippen molar-refractivity contribution in [3.8, 4) is 0 Å². The Kier molecular flexibility index (Phi) is 9.06. The minimum Gasteiger partial charge on any atom is -0.407 e. The van der Waals surface area contributed by atoms with Gasteiger partial charge in [0.2, 0.25) is 5.89 Å². The van der Waals surface area contributed by atoms with Gasteiger partial charge in [-0.3, -0.25) is 0 Å². The van der Waals surface area contributed by atoms with Crippen LogP contribution >= 0.6 is 0 Å². The molecular formula is C14H28N4O. The zero-order valence-corrected chi connectivity index (χ0v) is 12.4. The summed E-state index contributed by atoms with van der Waals surface area (Å²) < 4.78 is 5.40. The molecular weight excluding hydrogens is 240 g/mol. The maximum Gasteiger partial charge on any atom is 0.315 e. The summed E-state index contributed by atoms with van der Waals surface area (Å²) in [5, 5.41) is 14.0. The molecule has 1 rings (SSSR count). The van der Waals surface area contributed by atoms with Crippen molar-refractivity contribution in [1.82, 2.24) is 15.5 Å². The summed E-state index contributed by atoms with van der Waals surface area (Å²) in [6, 6.07) is 0.535. The van der Waals surface area contributed by atoms with Crippen molar-refractivity contribution in [3.63, 3.8) is 0 Å². The molecule has 0 spiro atoms. The fourth-order valence-electron chi connectivity index (χ4n) is 2.00. The molecule has 5 nitrogen and oxygen atoms in total. The van der Waals surface area contributed by atoms with Gasteiger partial charge in [0.1, 0.15) is 0 Å². The zero-order chi connectivity index (χ0) is 13.8. The van der Waals surface area contributed by atoms with E-state index in [0.29, 0.717) is 18.5 Å². The highest BCUT2D eigenvalue weighted by atomic mass is 16.4. The highest BCUT2D eigenvalue weighted by Crippen LogP contribution is 2.09. The van der Waals surface area contributed by atoms with Gasteiger partial charge in [0.25, 0.3) is 0 Å². The van der Waals surface area contributed by atoms with Gasteiger partial charge in [0, 0.05) is 6.54 Å². The first-order chi connectivity index (χ1) is 9.36. The van der Waals surface area contributed by atoms with Gasteiger partial charge < -0.3 is 15.1 Å². The van der Waals surface area contributed by atoms with Crippen molar-refractivity contribution in [3.05, 3.63) is 5.89 Å². The Morgan fingerprint density at radius 1 is 0.947 bits per heavy atom. The van der Waals surface area contributed by atoms with Gasteiger partial charge in [-0.15, -0.1) is 5.10 Å². The molecule has 1 aromatic rings. The predicted molar refractivity (Wildman–Crippen MR) is 78.2 cm³/mol. The minimum atomic E-state index is 0.535. The lowest BCUT2D eigenvalue weighted by Gasteiger charge is -2.02. The number of unbranched alkanes of at least 4 members (excludes halogenated alkanes) is 7. The second-order valence-electron chi connectivity index (χ2n) is 4.93. The van der Waals surface area contributed by atoms with Gasteiger partial charge in [0.15, 0.2) is 0 Å². The molecule has 0 unspecified atom stereocenters. The fraction of sp³-hybridized carbons (Fsp3) is 0.857. The third-order valence-electron chi connectivity index (χ3n) is 3.10. The van der Waals surface area contributed by atoms with Crippen LogP contribution in [0.25, 0.3) is 0 Å². The number of rotatable bonds is 12. The maximum atomic E-state index is 5.40. The van der Waals surface area contributed by atoms with Gasteiger partial charge >= 0.3 is 6.01 Å². The summed E-state index contributed by atoms with van der Waals surface area (Å²) in [7, 11) is 1.86. The largest absolute Gasteiger partial charge is 0.407 e. The Labute approximate surface area is 116 Å². The lowest BCUT2D eigenvalue weighted by atomic mass is 10.1. The molecule has 0 aromatic carbocycles. The first kappa shape index (κ1) is 16.0. The van der Waals surface area contributed by atoms with Crippen molar-refractivity contribution in [2.24, 2.45) is 0 Å².